The summed E-state index contributed by atoms with van der Waals surface area (Å²) in [5.41, 5.74) is 3.25. The Kier molecular flexibility index (Phi) is 2.48. The highest BCUT2D eigenvalue weighted by Gasteiger charge is 2.07. The van der Waals surface area contributed by atoms with Crippen molar-refractivity contribution in [2.24, 2.45) is 0 Å². The maximum absolute atomic E-state index is 12.4. The highest BCUT2D eigenvalue weighted by molar-refractivity contribution is 5.53. The third kappa shape index (κ3) is 1.82. The second-order valence-corrected chi connectivity index (χ2v) is 3.51. The minimum Gasteiger partial charge on any atom is -0.385 e. The van der Waals surface area contributed by atoms with Crippen LogP contribution < -0.4 is 5.32 Å². The van der Waals surface area contributed by atoms with Crippen LogP contribution >= 0.6 is 0 Å². The van der Waals surface area contributed by atoms with Crippen LogP contribution in [0.1, 0.15) is 24.0 Å². The minimum atomic E-state index is -0.354. The summed E-state index contributed by atoms with van der Waals surface area (Å²) in [5.74, 6) is 0. The molecule has 1 aliphatic heterocycles. The molecular formula is C11H14FN. The second kappa shape index (κ2) is 3.77. The molecule has 2 rings (SSSR count). The van der Waals surface area contributed by atoms with Crippen molar-refractivity contribution in [3.05, 3.63) is 29.3 Å². The molecule has 1 N–H and O–H groups in total. The van der Waals surface area contributed by atoms with Gasteiger partial charge < -0.3 is 5.32 Å². The van der Waals surface area contributed by atoms with Gasteiger partial charge in [-0.2, -0.15) is 0 Å². The Morgan fingerprint density at radius 3 is 3.08 bits per heavy atom. The molecule has 0 saturated carbocycles. The predicted octanol–water partition coefficient (Wildman–Crippen LogP) is 2.90. The van der Waals surface area contributed by atoms with Gasteiger partial charge in [0.25, 0.3) is 0 Å². The number of fused-ring (bicyclic) bond motifs is 1. The average molecular weight is 179 g/mol. The molecule has 2 heteroatoms. The molecule has 70 valence electrons. The highest BCUT2D eigenvalue weighted by atomic mass is 19.1. The zero-order valence-corrected chi connectivity index (χ0v) is 7.65. The fourth-order valence-corrected chi connectivity index (χ4v) is 1.77. The van der Waals surface area contributed by atoms with E-state index >= 15 is 0 Å². The van der Waals surface area contributed by atoms with Crippen molar-refractivity contribution in [1.29, 1.82) is 0 Å². The molecule has 0 fully saturated rings. The molecule has 0 saturated heterocycles. The van der Waals surface area contributed by atoms with Crippen molar-refractivity contribution in [1.82, 2.24) is 0 Å². The molecule has 0 atom stereocenters. The lowest BCUT2D eigenvalue weighted by molar-refractivity contribution is 0.485. The lowest BCUT2D eigenvalue weighted by atomic mass is 10.1. The number of benzene rings is 1. The summed E-state index contributed by atoms with van der Waals surface area (Å²) in [6.45, 7) is 0.690. The molecule has 0 unspecified atom stereocenters. The highest BCUT2D eigenvalue weighted by Crippen LogP contribution is 2.22. The molecule has 0 aromatic heterocycles. The number of anilines is 1. The van der Waals surface area contributed by atoms with E-state index in [0.717, 1.165) is 18.5 Å². The van der Waals surface area contributed by atoms with E-state index in [1.807, 2.05) is 18.2 Å². The zero-order chi connectivity index (χ0) is 9.10. The van der Waals surface area contributed by atoms with E-state index < -0.39 is 0 Å². The van der Waals surface area contributed by atoms with Crippen molar-refractivity contribution in [2.45, 2.75) is 25.9 Å². The van der Waals surface area contributed by atoms with Crippen LogP contribution in [0.4, 0.5) is 10.1 Å². The summed E-state index contributed by atoms with van der Waals surface area (Å²) in [5, 5.41) is 3.35. The van der Waals surface area contributed by atoms with Gasteiger partial charge in [0.1, 0.15) is 6.67 Å². The molecule has 13 heavy (non-hydrogen) atoms. The monoisotopic (exact) mass is 179 g/mol. The number of aryl methyl sites for hydroxylation is 1. The van der Waals surface area contributed by atoms with Crippen LogP contribution in [0.15, 0.2) is 18.2 Å². The molecule has 0 bridgehead atoms. The molecule has 0 spiro atoms. The fourth-order valence-electron chi connectivity index (χ4n) is 1.77. The van der Waals surface area contributed by atoms with Gasteiger partial charge in [0.15, 0.2) is 0 Å². The van der Waals surface area contributed by atoms with Crippen molar-refractivity contribution >= 4 is 5.69 Å². The van der Waals surface area contributed by atoms with Gasteiger partial charge in [-0.3, -0.25) is 0 Å². The van der Waals surface area contributed by atoms with E-state index in [-0.39, 0.29) is 6.67 Å². The van der Waals surface area contributed by atoms with Gasteiger partial charge in [-0.1, -0.05) is 12.1 Å². The average Bonchev–Trinajstić information content (AvgIpc) is 2.41. The van der Waals surface area contributed by atoms with Gasteiger partial charge in [0, 0.05) is 12.2 Å². The van der Waals surface area contributed by atoms with Crippen LogP contribution in [0, 0.1) is 0 Å². The Hall–Kier alpha value is -1.05. The number of hydrogen-bond donors (Lipinski definition) is 1. The van der Waals surface area contributed by atoms with Crippen molar-refractivity contribution in [2.75, 3.05) is 11.9 Å². The van der Waals surface area contributed by atoms with E-state index in [1.165, 1.54) is 24.1 Å². The summed E-state index contributed by atoms with van der Waals surface area (Å²) in [6.07, 6.45) is 3.49. The number of alkyl halides is 1. The summed E-state index contributed by atoms with van der Waals surface area (Å²) in [6, 6.07) is 5.83. The van der Waals surface area contributed by atoms with Gasteiger partial charge in [0.05, 0.1) is 0 Å². The lowest BCUT2D eigenvalue weighted by Crippen LogP contribution is -1.99. The van der Waals surface area contributed by atoms with Gasteiger partial charge in [-0.15, -0.1) is 0 Å². The summed E-state index contributed by atoms with van der Waals surface area (Å²) < 4.78 is 12.4. The molecule has 1 aromatic carbocycles. The Morgan fingerprint density at radius 2 is 2.23 bits per heavy atom. The van der Waals surface area contributed by atoms with E-state index in [0.29, 0.717) is 0 Å². The second-order valence-electron chi connectivity index (χ2n) is 3.51. The third-order valence-corrected chi connectivity index (χ3v) is 2.51. The first-order chi connectivity index (χ1) is 6.40. The molecule has 0 radical (unpaired) electrons. The molecule has 1 aromatic rings. The molecule has 1 heterocycles. The van der Waals surface area contributed by atoms with Gasteiger partial charge in [0.2, 0.25) is 0 Å². The van der Waals surface area contributed by atoms with E-state index in [2.05, 4.69) is 5.32 Å². The summed E-state index contributed by atoms with van der Waals surface area (Å²) >= 11 is 0. The Balaban J connectivity index is 2.32. The molecule has 1 nitrogen and oxygen atoms in total. The fraction of sp³-hybridized carbons (Fsp3) is 0.455. The van der Waals surface area contributed by atoms with Gasteiger partial charge in [-0.05, 0) is 36.5 Å². The Labute approximate surface area is 78.0 Å². The van der Waals surface area contributed by atoms with Crippen LogP contribution in [0.3, 0.4) is 0 Å². The third-order valence-electron chi connectivity index (χ3n) is 2.51. The van der Waals surface area contributed by atoms with Crippen LogP contribution in [0.2, 0.25) is 0 Å². The first kappa shape index (κ1) is 8.54. The molecular weight excluding hydrogens is 165 g/mol. The lowest BCUT2D eigenvalue weighted by Gasteiger charge is -2.07. The predicted molar refractivity (Wildman–Crippen MR) is 52.7 cm³/mol. The van der Waals surface area contributed by atoms with Gasteiger partial charge >= 0.3 is 0 Å². The van der Waals surface area contributed by atoms with Crippen LogP contribution in [0.25, 0.3) is 0 Å². The molecule has 1 aliphatic rings. The first-order valence-corrected chi connectivity index (χ1v) is 4.82. The van der Waals surface area contributed by atoms with E-state index in [9.17, 15) is 4.39 Å². The molecule has 0 aliphatic carbocycles. The maximum atomic E-state index is 12.4. The smallest absolute Gasteiger partial charge is 0.115 e. The van der Waals surface area contributed by atoms with Crippen LogP contribution in [0.5, 0.6) is 0 Å². The topological polar surface area (TPSA) is 12.0 Å². The standard InChI is InChI=1S/C11H14FN/c12-8-9-4-5-11-10(7-9)3-1-2-6-13-11/h4-5,7,13H,1-3,6,8H2. The van der Waals surface area contributed by atoms with E-state index in [4.69, 9.17) is 0 Å². The number of halogens is 1. The Bertz CT molecular complexity index is 296. The Morgan fingerprint density at radius 1 is 1.31 bits per heavy atom. The van der Waals surface area contributed by atoms with Gasteiger partial charge in [-0.25, -0.2) is 4.39 Å². The van der Waals surface area contributed by atoms with E-state index in [1.54, 1.807) is 0 Å². The number of nitrogens with one attached hydrogen (secondary N) is 1. The maximum Gasteiger partial charge on any atom is 0.115 e. The first-order valence-electron chi connectivity index (χ1n) is 4.82. The van der Waals surface area contributed by atoms with Crippen molar-refractivity contribution in [3.8, 4) is 0 Å². The quantitative estimate of drug-likeness (QED) is 0.699. The largest absolute Gasteiger partial charge is 0.385 e. The van der Waals surface area contributed by atoms with Crippen molar-refractivity contribution < 1.29 is 4.39 Å². The molecule has 0 amide bonds. The zero-order valence-electron chi connectivity index (χ0n) is 7.65. The summed E-state index contributed by atoms with van der Waals surface area (Å²) in [4.78, 5) is 0. The number of hydrogen-bond acceptors (Lipinski definition) is 1. The summed E-state index contributed by atoms with van der Waals surface area (Å²) in [7, 11) is 0. The van der Waals surface area contributed by atoms with Crippen molar-refractivity contribution in [3.63, 3.8) is 0 Å². The normalized spacial score (nSPS) is 15.8. The number of rotatable bonds is 1. The minimum absolute atomic E-state index is 0.354. The SMILES string of the molecule is FCc1ccc2c(c1)CCCCN2. The van der Waals surface area contributed by atoms with Crippen LogP contribution in [-0.4, -0.2) is 6.54 Å². The van der Waals surface area contributed by atoms with Crippen LogP contribution in [-0.2, 0) is 13.1 Å².